The monoisotopic (exact) mass is 281 g/mol. The smallest absolute Gasteiger partial charge is 0.373 e. The van der Waals surface area contributed by atoms with Crippen LogP contribution in [-0.4, -0.2) is 13.1 Å². The van der Waals surface area contributed by atoms with Gasteiger partial charge in [-0.25, -0.2) is 13.6 Å². The lowest BCUT2D eigenvalue weighted by atomic mass is 10.2. The van der Waals surface area contributed by atoms with E-state index >= 15 is 0 Å². The van der Waals surface area contributed by atoms with E-state index in [9.17, 15) is 13.6 Å². The van der Waals surface area contributed by atoms with Crippen LogP contribution in [0.4, 0.5) is 8.78 Å². The van der Waals surface area contributed by atoms with Crippen LogP contribution in [0.25, 0.3) is 0 Å². The Balaban J connectivity index is 1.89. The summed E-state index contributed by atoms with van der Waals surface area (Å²) in [6.07, 6.45) is 0. The fourth-order valence-electron chi connectivity index (χ4n) is 1.67. The average molecular weight is 281 g/mol. The summed E-state index contributed by atoms with van der Waals surface area (Å²) in [6, 6.07) is 6.53. The normalized spacial score (nSPS) is 10.6. The summed E-state index contributed by atoms with van der Waals surface area (Å²) in [6.45, 7) is 0.536. The van der Waals surface area contributed by atoms with Crippen molar-refractivity contribution in [3.05, 3.63) is 59.1 Å². The molecule has 0 amide bonds. The number of methoxy groups -OCH3 is 1. The first kappa shape index (κ1) is 14.2. The molecule has 0 saturated heterocycles. The molecule has 0 atom stereocenters. The minimum Gasteiger partial charge on any atom is -0.463 e. The van der Waals surface area contributed by atoms with E-state index in [4.69, 9.17) is 4.42 Å². The summed E-state index contributed by atoms with van der Waals surface area (Å²) in [5.74, 6) is -1.14. The number of benzene rings is 1. The number of hydrogen-bond acceptors (Lipinski definition) is 4. The van der Waals surface area contributed by atoms with Crippen molar-refractivity contribution in [2.45, 2.75) is 13.1 Å². The SMILES string of the molecule is COC(=O)c1ccc(CNCc2ccc(F)cc2F)o1. The van der Waals surface area contributed by atoms with Crippen molar-refractivity contribution in [2.24, 2.45) is 0 Å². The number of carbonyl (C=O) groups is 1. The van der Waals surface area contributed by atoms with E-state index in [1.54, 1.807) is 6.07 Å². The second kappa shape index (κ2) is 6.29. The number of hydrogen-bond donors (Lipinski definition) is 1. The molecule has 0 spiro atoms. The first-order valence-electron chi connectivity index (χ1n) is 5.92. The van der Waals surface area contributed by atoms with Crippen LogP contribution >= 0.6 is 0 Å². The average Bonchev–Trinajstić information content (AvgIpc) is 2.89. The van der Waals surface area contributed by atoms with E-state index < -0.39 is 17.6 Å². The van der Waals surface area contributed by atoms with Gasteiger partial charge in [0.25, 0.3) is 0 Å². The summed E-state index contributed by atoms with van der Waals surface area (Å²) in [5, 5.41) is 2.94. The highest BCUT2D eigenvalue weighted by molar-refractivity contribution is 5.86. The summed E-state index contributed by atoms with van der Waals surface area (Å²) in [5.41, 5.74) is 0.353. The Kier molecular flexibility index (Phi) is 4.47. The topological polar surface area (TPSA) is 51.5 Å². The van der Waals surface area contributed by atoms with Crippen LogP contribution in [-0.2, 0) is 17.8 Å². The van der Waals surface area contributed by atoms with E-state index in [1.165, 1.54) is 25.3 Å². The molecule has 1 N–H and O–H groups in total. The number of carbonyl (C=O) groups excluding carboxylic acids is 1. The molecule has 0 bridgehead atoms. The second-order valence-corrected chi connectivity index (χ2v) is 4.10. The Morgan fingerprint density at radius 1 is 1.25 bits per heavy atom. The van der Waals surface area contributed by atoms with E-state index in [-0.39, 0.29) is 12.3 Å². The van der Waals surface area contributed by atoms with Gasteiger partial charge in [0.05, 0.1) is 13.7 Å². The van der Waals surface area contributed by atoms with Crippen LogP contribution in [0.5, 0.6) is 0 Å². The molecule has 4 nitrogen and oxygen atoms in total. The Morgan fingerprint density at radius 2 is 2.05 bits per heavy atom. The zero-order valence-corrected chi connectivity index (χ0v) is 10.8. The summed E-state index contributed by atoms with van der Waals surface area (Å²) in [4.78, 5) is 11.2. The number of halogens is 2. The summed E-state index contributed by atoms with van der Waals surface area (Å²) >= 11 is 0. The lowest BCUT2D eigenvalue weighted by Crippen LogP contribution is -2.13. The zero-order chi connectivity index (χ0) is 14.5. The Bertz CT molecular complexity index is 610. The molecule has 0 aliphatic heterocycles. The van der Waals surface area contributed by atoms with Gasteiger partial charge >= 0.3 is 5.97 Å². The first-order chi connectivity index (χ1) is 9.60. The standard InChI is InChI=1S/C14H13F2NO3/c1-19-14(18)13-5-4-11(20-13)8-17-7-9-2-3-10(15)6-12(9)16/h2-6,17H,7-8H2,1H3. The van der Waals surface area contributed by atoms with Crippen molar-refractivity contribution in [3.63, 3.8) is 0 Å². The predicted octanol–water partition coefficient (Wildman–Crippen LogP) is 2.63. The maximum Gasteiger partial charge on any atom is 0.373 e. The lowest BCUT2D eigenvalue weighted by Gasteiger charge is -2.04. The summed E-state index contributed by atoms with van der Waals surface area (Å²) in [7, 11) is 1.26. The van der Waals surface area contributed by atoms with Crippen molar-refractivity contribution in [1.29, 1.82) is 0 Å². The minimum atomic E-state index is -0.611. The second-order valence-electron chi connectivity index (χ2n) is 4.10. The van der Waals surface area contributed by atoms with Gasteiger partial charge in [-0.2, -0.15) is 0 Å². The summed E-state index contributed by atoms with van der Waals surface area (Å²) < 4.78 is 35.8. The van der Waals surface area contributed by atoms with E-state index in [0.717, 1.165) is 6.07 Å². The number of ether oxygens (including phenoxy) is 1. The third kappa shape index (κ3) is 3.42. The Morgan fingerprint density at radius 3 is 2.75 bits per heavy atom. The molecule has 20 heavy (non-hydrogen) atoms. The van der Waals surface area contributed by atoms with Crippen LogP contribution in [0.15, 0.2) is 34.7 Å². The minimum absolute atomic E-state index is 0.109. The third-order valence-corrected chi connectivity index (χ3v) is 2.68. The van der Waals surface area contributed by atoms with Gasteiger partial charge in [-0.05, 0) is 18.2 Å². The molecule has 0 fully saturated rings. The highest BCUT2D eigenvalue weighted by Gasteiger charge is 2.11. The van der Waals surface area contributed by atoms with Gasteiger partial charge in [0.1, 0.15) is 17.4 Å². The molecule has 0 radical (unpaired) electrons. The molecule has 0 aliphatic carbocycles. The van der Waals surface area contributed by atoms with Crippen LogP contribution in [0.1, 0.15) is 21.9 Å². The Hall–Kier alpha value is -2.21. The molecular weight excluding hydrogens is 268 g/mol. The maximum atomic E-state index is 13.4. The number of rotatable bonds is 5. The van der Waals surface area contributed by atoms with Crippen molar-refractivity contribution < 1.29 is 22.7 Å². The van der Waals surface area contributed by atoms with Gasteiger partial charge in [-0.3, -0.25) is 0 Å². The molecule has 1 aromatic heterocycles. The lowest BCUT2D eigenvalue weighted by molar-refractivity contribution is 0.0563. The van der Waals surface area contributed by atoms with Gasteiger partial charge in [0.15, 0.2) is 0 Å². The molecule has 6 heteroatoms. The van der Waals surface area contributed by atoms with E-state index in [0.29, 0.717) is 17.9 Å². The van der Waals surface area contributed by atoms with Gasteiger partial charge in [0, 0.05) is 18.2 Å². The van der Waals surface area contributed by atoms with Gasteiger partial charge < -0.3 is 14.5 Å². The molecule has 0 aliphatic rings. The Labute approximate surface area is 114 Å². The van der Waals surface area contributed by atoms with Crippen LogP contribution in [0, 0.1) is 11.6 Å². The molecule has 2 aromatic rings. The number of furan rings is 1. The largest absolute Gasteiger partial charge is 0.463 e. The van der Waals surface area contributed by atoms with Gasteiger partial charge in [-0.1, -0.05) is 6.07 Å². The van der Waals surface area contributed by atoms with Crippen LogP contribution in [0.3, 0.4) is 0 Å². The molecule has 106 valence electrons. The fourth-order valence-corrected chi connectivity index (χ4v) is 1.67. The van der Waals surface area contributed by atoms with Crippen LogP contribution in [0.2, 0.25) is 0 Å². The van der Waals surface area contributed by atoms with Crippen molar-refractivity contribution in [1.82, 2.24) is 5.32 Å². The quantitative estimate of drug-likeness (QED) is 0.856. The molecular formula is C14H13F2NO3. The van der Waals surface area contributed by atoms with Crippen LogP contribution < -0.4 is 5.32 Å². The highest BCUT2D eigenvalue weighted by Crippen LogP contribution is 2.11. The predicted molar refractivity (Wildman–Crippen MR) is 66.9 cm³/mol. The van der Waals surface area contributed by atoms with E-state index in [1.807, 2.05) is 0 Å². The number of nitrogens with one attached hydrogen (secondary N) is 1. The third-order valence-electron chi connectivity index (χ3n) is 2.68. The number of esters is 1. The molecule has 0 saturated carbocycles. The first-order valence-corrected chi connectivity index (χ1v) is 5.92. The fraction of sp³-hybridized carbons (Fsp3) is 0.214. The molecule has 0 unspecified atom stereocenters. The van der Waals surface area contributed by atoms with Gasteiger partial charge in [-0.15, -0.1) is 0 Å². The molecule has 1 heterocycles. The van der Waals surface area contributed by atoms with Crippen molar-refractivity contribution in [3.8, 4) is 0 Å². The molecule has 2 rings (SSSR count). The zero-order valence-electron chi connectivity index (χ0n) is 10.8. The van der Waals surface area contributed by atoms with Gasteiger partial charge in [0.2, 0.25) is 5.76 Å². The highest BCUT2D eigenvalue weighted by atomic mass is 19.1. The maximum absolute atomic E-state index is 13.4. The van der Waals surface area contributed by atoms with Crippen molar-refractivity contribution in [2.75, 3.05) is 7.11 Å². The van der Waals surface area contributed by atoms with E-state index in [2.05, 4.69) is 10.1 Å². The van der Waals surface area contributed by atoms with Crippen molar-refractivity contribution >= 4 is 5.97 Å². The molecule has 1 aromatic carbocycles.